The molecule has 0 radical (unpaired) electrons. The fourth-order valence-electron chi connectivity index (χ4n) is 1.15. The number of ether oxygens (including phenoxy) is 1. The Labute approximate surface area is 100 Å². The van der Waals surface area contributed by atoms with Gasteiger partial charge in [-0.15, -0.1) is 0 Å². The lowest BCUT2D eigenvalue weighted by atomic mass is 10.1. The largest absolute Gasteiger partial charge is 0.451 e. The molecule has 0 bridgehead atoms. The topological polar surface area (TPSA) is 43.4 Å². The van der Waals surface area contributed by atoms with E-state index in [0.29, 0.717) is 5.56 Å². The number of hydrogen-bond donors (Lipinski definition) is 0. The minimum absolute atomic E-state index is 0.138. The van der Waals surface area contributed by atoms with E-state index in [2.05, 4.69) is 18.4 Å². The first-order valence-corrected chi connectivity index (χ1v) is 5.02. The number of esters is 1. The average molecular weight is 228 g/mol. The second-order valence-electron chi connectivity index (χ2n) is 3.25. The summed E-state index contributed by atoms with van der Waals surface area (Å²) in [5.41, 5.74) is 0.748. The molecule has 0 saturated carbocycles. The van der Waals surface area contributed by atoms with Crippen LogP contribution >= 0.6 is 0 Å². The van der Waals surface area contributed by atoms with Crippen molar-refractivity contribution < 1.29 is 14.3 Å². The lowest BCUT2D eigenvalue weighted by Gasteiger charge is -2.04. The van der Waals surface area contributed by atoms with Crippen molar-refractivity contribution in [1.29, 1.82) is 0 Å². The van der Waals surface area contributed by atoms with Gasteiger partial charge in [-0.05, 0) is 6.92 Å². The molecule has 86 valence electrons. The summed E-state index contributed by atoms with van der Waals surface area (Å²) in [6.07, 6.45) is 0. The summed E-state index contributed by atoms with van der Waals surface area (Å²) in [6.45, 7) is 4.98. The van der Waals surface area contributed by atoms with E-state index in [4.69, 9.17) is 4.74 Å². The Bertz CT molecular complexity index is 489. The molecule has 0 amide bonds. The first-order chi connectivity index (χ1) is 8.15. The van der Waals surface area contributed by atoms with Gasteiger partial charge in [0.2, 0.25) is 0 Å². The summed E-state index contributed by atoms with van der Waals surface area (Å²) in [7, 11) is 0. The first-order valence-electron chi connectivity index (χ1n) is 5.02. The highest BCUT2D eigenvalue weighted by atomic mass is 16.5. The van der Waals surface area contributed by atoms with Crippen molar-refractivity contribution in [3.63, 3.8) is 0 Å². The Kier molecular flexibility index (Phi) is 4.71. The van der Waals surface area contributed by atoms with Crippen LogP contribution in [-0.4, -0.2) is 18.4 Å². The molecule has 3 nitrogen and oxygen atoms in total. The quantitative estimate of drug-likeness (QED) is 0.260. The van der Waals surface area contributed by atoms with Gasteiger partial charge in [0.1, 0.15) is 6.61 Å². The van der Waals surface area contributed by atoms with Gasteiger partial charge in [0.15, 0.2) is 5.78 Å². The zero-order valence-corrected chi connectivity index (χ0v) is 9.53. The minimum Gasteiger partial charge on any atom is -0.451 e. The lowest BCUT2D eigenvalue weighted by Crippen LogP contribution is -2.11. The number of benzene rings is 1. The van der Waals surface area contributed by atoms with E-state index in [1.165, 1.54) is 6.92 Å². The molecule has 0 aliphatic heterocycles. The Hall–Kier alpha value is -2.34. The highest BCUT2D eigenvalue weighted by Crippen LogP contribution is 2.06. The fourth-order valence-corrected chi connectivity index (χ4v) is 1.15. The number of ketones is 1. The molecule has 17 heavy (non-hydrogen) atoms. The fraction of sp³-hybridized carbons (Fsp3) is 0.143. The van der Waals surface area contributed by atoms with Crippen LogP contribution in [0, 0.1) is 11.8 Å². The van der Waals surface area contributed by atoms with Gasteiger partial charge >= 0.3 is 5.97 Å². The molecule has 0 spiro atoms. The van der Waals surface area contributed by atoms with E-state index in [1.807, 2.05) is 6.07 Å². The van der Waals surface area contributed by atoms with E-state index in [-0.39, 0.29) is 18.0 Å². The molecule has 1 aromatic rings. The molecule has 0 aromatic heterocycles. The molecule has 0 unspecified atom stereocenters. The zero-order chi connectivity index (χ0) is 12.7. The smallest absolute Gasteiger partial charge is 0.384 e. The van der Waals surface area contributed by atoms with Gasteiger partial charge in [0.05, 0.1) is 0 Å². The van der Waals surface area contributed by atoms with Crippen molar-refractivity contribution >= 4 is 11.8 Å². The summed E-state index contributed by atoms with van der Waals surface area (Å²) >= 11 is 0. The number of carbonyl (C=O) groups excluding carboxylic acids is 2. The third-order valence-corrected chi connectivity index (χ3v) is 1.96. The maximum atomic E-state index is 11.8. The normalized spacial score (nSPS) is 8.76. The van der Waals surface area contributed by atoms with E-state index in [0.717, 1.165) is 0 Å². The van der Waals surface area contributed by atoms with Crippen molar-refractivity contribution in [3.8, 4) is 11.8 Å². The molecule has 0 N–H and O–H groups in total. The highest BCUT2D eigenvalue weighted by molar-refractivity contribution is 6.08. The van der Waals surface area contributed by atoms with Gasteiger partial charge in [-0.2, -0.15) is 0 Å². The average Bonchev–Trinajstić information content (AvgIpc) is 2.36. The van der Waals surface area contributed by atoms with Crippen LogP contribution in [0.1, 0.15) is 17.3 Å². The third-order valence-electron chi connectivity index (χ3n) is 1.96. The number of hydrogen-bond acceptors (Lipinski definition) is 3. The SMILES string of the molecule is C=C(COC(=O)C#CC)C(=O)c1ccccc1. The van der Waals surface area contributed by atoms with Gasteiger partial charge in [0.25, 0.3) is 0 Å². The molecular weight excluding hydrogens is 216 g/mol. The molecule has 1 aromatic carbocycles. The van der Waals surface area contributed by atoms with Gasteiger partial charge in [-0.1, -0.05) is 42.8 Å². The second-order valence-corrected chi connectivity index (χ2v) is 3.25. The van der Waals surface area contributed by atoms with Crippen LogP contribution in [0.2, 0.25) is 0 Å². The van der Waals surface area contributed by atoms with Crippen molar-refractivity contribution in [3.05, 3.63) is 48.0 Å². The van der Waals surface area contributed by atoms with Crippen molar-refractivity contribution in [1.82, 2.24) is 0 Å². The summed E-state index contributed by atoms with van der Waals surface area (Å²) < 4.78 is 4.75. The van der Waals surface area contributed by atoms with Gasteiger partial charge in [-0.25, -0.2) is 4.79 Å². The number of Topliss-reactive ketones (excluding diaryl/α,β-unsaturated/α-hetero) is 1. The Morgan fingerprint density at radius 2 is 1.94 bits per heavy atom. The van der Waals surface area contributed by atoms with Crippen LogP contribution in [0.15, 0.2) is 42.5 Å². The van der Waals surface area contributed by atoms with E-state index in [9.17, 15) is 9.59 Å². The van der Waals surface area contributed by atoms with Crippen LogP contribution in [0.3, 0.4) is 0 Å². The van der Waals surface area contributed by atoms with Crippen molar-refractivity contribution in [2.45, 2.75) is 6.92 Å². The predicted molar refractivity (Wildman–Crippen MR) is 64.3 cm³/mol. The van der Waals surface area contributed by atoms with Gasteiger partial charge < -0.3 is 4.74 Å². The molecule has 0 saturated heterocycles. The molecule has 0 fully saturated rings. The first kappa shape index (κ1) is 12.7. The standard InChI is InChI=1S/C14H12O3/c1-3-7-13(15)17-10-11(2)14(16)12-8-5-4-6-9-12/h4-6,8-9H,2,10H2,1H3. The number of rotatable bonds is 4. The third kappa shape index (κ3) is 3.96. The predicted octanol–water partition coefficient (Wildman–Crippen LogP) is 1.99. The van der Waals surface area contributed by atoms with Crippen LogP contribution in [0.4, 0.5) is 0 Å². The van der Waals surface area contributed by atoms with Gasteiger partial charge in [0, 0.05) is 17.1 Å². The van der Waals surface area contributed by atoms with E-state index < -0.39 is 5.97 Å². The van der Waals surface area contributed by atoms with Gasteiger partial charge in [-0.3, -0.25) is 4.79 Å². The summed E-state index contributed by atoms with van der Waals surface area (Å²) in [5.74, 6) is 3.74. The maximum absolute atomic E-state index is 11.8. The highest BCUT2D eigenvalue weighted by Gasteiger charge is 2.11. The molecule has 0 heterocycles. The molecule has 3 heteroatoms. The molecule has 0 atom stereocenters. The van der Waals surface area contributed by atoms with Crippen molar-refractivity contribution in [2.24, 2.45) is 0 Å². The van der Waals surface area contributed by atoms with Crippen LogP contribution in [0.25, 0.3) is 0 Å². The Morgan fingerprint density at radius 1 is 1.29 bits per heavy atom. The van der Waals surface area contributed by atoms with E-state index >= 15 is 0 Å². The van der Waals surface area contributed by atoms with Crippen LogP contribution in [0.5, 0.6) is 0 Å². The van der Waals surface area contributed by atoms with Crippen LogP contribution in [-0.2, 0) is 9.53 Å². The van der Waals surface area contributed by atoms with Crippen molar-refractivity contribution in [2.75, 3.05) is 6.61 Å². The second kappa shape index (κ2) is 6.29. The molecular formula is C14H12O3. The lowest BCUT2D eigenvalue weighted by molar-refractivity contribution is -0.135. The molecule has 0 aliphatic rings. The summed E-state index contributed by atoms with van der Waals surface area (Å²) in [6, 6.07) is 8.70. The molecule has 1 rings (SSSR count). The molecule has 0 aliphatic carbocycles. The minimum atomic E-state index is -0.658. The number of carbonyl (C=O) groups is 2. The Morgan fingerprint density at radius 3 is 2.53 bits per heavy atom. The Balaban J connectivity index is 2.56. The summed E-state index contributed by atoms with van der Waals surface area (Å²) in [4.78, 5) is 22.7. The zero-order valence-electron chi connectivity index (χ0n) is 9.53. The summed E-state index contributed by atoms with van der Waals surface area (Å²) in [5, 5.41) is 0. The monoisotopic (exact) mass is 228 g/mol. The van der Waals surface area contributed by atoms with Crippen LogP contribution < -0.4 is 0 Å². The van der Waals surface area contributed by atoms with E-state index in [1.54, 1.807) is 24.3 Å². The maximum Gasteiger partial charge on any atom is 0.384 e.